The Labute approximate surface area is 118 Å². The minimum atomic E-state index is -0.536. The molecule has 0 bridgehead atoms. The molecule has 1 aromatic heterocycles. The van der Waals surface area contributed by atoms with Crippen LogP contribution in [0.15, 0.2) is 12.4 Å². The van der Waals surface area contributed by atoms with Gasteiger partial charge in [0.05, 0.1) is 18.3 Å². The maximum Gasteiger partial charge on any atom is 0.326 e. The third kappa shape index (κ3) is 2.77. The fourth-order valence-corrected chi connectivity index (χ4v) is 3.26. The van der Waals surface area contributed by atoms with Crippen molar-refractivity contribution in [2.45, 2.75) is 37.8 Å². The average molecular weight is 286 g/mol. The summed E-state index contributed by atoms with van der Waals surface area (Å²) in [5, 5.41) is 7.99. The first kappa shape index (κ1) is 14.3. The lowest BCUT2D eigenvalue weighted by Gasteiger charge is -2.32. The maximum absolute atomic E-state index is 12.1. The number of rotatable bonds is 5. The van der Waals surface area contributed by atoms with Crippen LogP contribution in [0.5, 0.6) is 0 Å². The van der Waals surface area contributed by atoms with E-state index in [0.29, 0.717) is 5.02 Å². The Balaban J connectivity index is 2.03. The summed E-state index contributed by atoms with van der Waals surface area (Å²) in [7, 11) is 3.28. The SMILES string of the molecule is CNC1(C(=O)OC)CCCC1CCn1cc(Cl)cn1. The van der Waals surface area contributed by atoms with Crippen LogP contribution < -0.4 is 5.32 Å². The van der Waals surface area contributed by atoms with Crippen molar-refractivity contribution in [2.24, 2.45) is 5.92 Å². The summed E-state index contributed by atoms with van der Waals surface area (Å²) in [6.45, 7) is 0.762. The second-order valence-corrected chi connectivity index (χ2v) is 5.45. The fraction of sp³-hybridized carbons (Fsp3) is 0.692. The number of nitrogens with one attached hydrogen (secondary N) is 1. The Hall–Kier alpha value is -1.07. The van der Waals surface area contributed by atoms with Crippen molar-refractivity contribution < 1.29 is 9.53 Å². The van der Waals surface area contributed by atoms with Crippen LogP contribution in [0.2, 0.25) is 5.02 Å². The first-order valence-electron chi connectivity index (χ1n) is 6.57. The normalized spacial score (nSPS) is 26.6. The summed E-state index contributed by atoms with van der Waals surface area (Å²) in [6.07, 6.45) is 7.22. The largest absolute Gasteiger partial charge is 0.468 e. The Bertz CT molecular complexity index is 449. The summed E-state index contributed by atoms with van der Waals surface area (Å²) in [5.41, 5.74) is -0.536. The summed E-state index contributed by atoms with van der Waals surface area (Å²) in [5.74, 6) is 0.115. The van der Waals surface area contributed by atoms with Crippen molar-refractivity contribution in [1.29, 1.82) is 0 Å². The standard InChI is InChI=1S/C13H20ClN3O2/c1-15-13(12(18)19-2)6-3-4-10(13)5-7-17-9-11(14)8-16-17/h8-10,15H,3-7H2,1-2H3. The van der Waals surface area contributed by atoms with E-state index in [1.807, 2.05) is 11.7 Å². The fourth-order valence-electron chi connectivity index (χ4n) is 3.10. The van der Waals surface area contributed by atoms with Gasteiger partial charge in [0.25, 0.3) is 0 Å². The molecule has 0 saturated heterocycles. The molecular weight excluding hydrogens is 266 g/mol. The molecule has 1 heterocycles. The third-order valence-electron chi connectivity index (χ3n) is 4.12. The van der Waals surface area contributed by atoms with Crippen molar-refractivity contribution >= 4 is 17.6 Å². The van der Waals surface area contributed by atoms with Gasteiger partial charge in [-0.15, -0.1) is 0 Å². The maximum atomic E-state index is 12.1. The van der Waals surface area contributed by atoms with Gasteiger partial charge in [-0.1, -0.05) is 18.0 Å². The zero-order valence-electron chi connectivity index (χ0n) is 11.4. The van der Waals surface area contributed by atoms with E-state index in [1.54, 1.807) is 12.4 Å². The minimum absolute atomic E-state index is 0.156. The average Bonchev–Trinajstić information content (AvgIpc) is 3.02. The molecular formula is C13H20ClN3O2. The lowest BCUT2D eigenvalue weighted by atomic mass is 9.84. The molecule has 1 aliphatic rings. The molecule has 1 aliphatic carbocycles. The zero-order chi connectivity index (χ0) is 13.9. The van der Waals surface area contributed by atoms with Crippen LogP contribution in [0, 0.1) is 5.92 Å². The van der Waals surface area contributed by atoms with E-state index < -0.39 is 5.54 Å². The van der Waals surface area contributed by atoms with Crippen LogP contribution in [-0.2, 0) is 16.1 Å². The van der Waals surface area contributed by atoms with Crippen molar-refractivity contribution in [2.75, 3.05) is 14.2 Å². The van der Waals surface area contributed by atoms with Gasteiger partial charge in [-0.2, -0.15) is 5.10 Å². The van der Waals surface area contributed by atoms with Gasteiger partial charge in [0.15, 0.2) is 0 Å². The van der Waals surface area contributed by atoms with E-state index in [0.717, 1.165) is 32.2 Å². The smallest absolute Gasteiger partial charge is 0.326 e. The van der Waals surface area contributed by atoms with Gasteiger partial charge in [0.2, 0.25) is 0 Å². The number of aryl methyl sites for hydroxylation is 1. The number of ether oxygens (including phenoxy) is 1. The van der Waals surface area contributed by atoms with Crippen LogP contribution in [0.3, 0.4) is 0 Å². The number of esters is 1. The highest BCUT2D eigenvalue weighted by atomic mass is 35.5. The Morgan fingerprint density at radius 2 is 2.53 bits per heavy atom. The molecule has 2 rings (SSSR count). The number of halogens is 1. The van der Waals surface area contributed by atoms with E-state index >= 15 is 0 Å². The van der Waals surface area contributed by atoms with Gasteiger partial charge >= 0.3 is 5.97 Å². The van der Waals surface area contributed by atoms with Gasteiger partial charge in [-0.3, -0.25) is 9.48 Å². The molecule has 0 aliphatic heterocycles. The molecule has 2 atom stereocenters. The zero-order valence-corrected chi connectivity index (χ0v) is 12.1. The van der Waals surface area contributed by atoms with Crippen LogP contribution in [-0.4, -0.2) is 35.4 Å². The molecule has 1 aromatic rings. The monoisotopic (exact) mass is 285 g/mol. The highest BCUT2D eigenvalue weighted by Gasteiger charge is 2.48. The molecule has 0 amide bonds. The molecule has 19 heavy (non-hydrogen) atoms. The second-order valence-electron chi connectivity index (χ2n) is 5.01. The molecule has 0 spiro atoms. The highest BCUT2D eigenvalue weighted by molar-refractivity contribution is 6.30. The first-order chi connectivity index (χ1) is 9.12. The van der Waals surface area contributed by atoms with E-state index in [-0.39, 0.29) is 11.9 Å². The quantitative estimate of drug-likeness (QED) is 0.839. The van der Waals surface area contributed by atoms with E-state index in [9.17, 15) is 4.79 Å². The minimum Gasteiger partial charge on any atom is -0.468 e. The van der Waals surface area contributed by atoms with Gasteiger partial charge in [0, 0.05) is 12.7 Å². The molecule has 1 N–H and O–H groups in total. The third-order valence-corrected chi connectivity index (χ3v) is 4.32. The number of hydrogen-bond donors (Lipinski definition) is 1. The van der Waals surface area contributed by atoms with Crippen molar-refractivity contribution in [3.05, 3.63) is 17.4 Å². The molecule has 0 aromatic carbocycles. The van der Waals surface area contributed by atoms with Crippen molar-refractivity contribution in [1.82, 2.24) is 15.1 Å². The van der Waals surface area contributed by atoms with E-state index in [2.05, 4.69) is 10.4 Å². The number of carbonyl (C=O) groups is 1. The van der Waals surface area contributed by atoms with Gasteiger partial charge in [-0.05, 0) is 32.2 Å². The summed E-state index contributed by atoms with van der Waals surface area (Å²) in [6, 6.07) is 0. The molecule has 106 valence electrons. The van der Waals surface area contributed by atoms with Gasteiger partial charge in [0.1, 0.15) is 5.54 Å². The number of hydrogen-bond acceptors (Lipinski definition) is 4. The van der Waals surface area contributed by atoms with Crippen LogP contribution in [0.4, 0.5) is 0 Å². The molecule has 0 radical (unpaired) electrons. The second kappa shape index (κ2) is 5.92. The number of methoxy groups -OCH3 is 1. The summed E-state index contributed by atoms with van der Waals surface area (Å²) in [4.78, 5) is 12.1. The number of aromatic nitrogens is 2. The molecule has 2 unspecified atom stereocenters. The Morgan fingerprint density at radius 3 is 3.11 bits per heavy atom. The summed E-state index contributed by atoms with van der Waals surface area (Å²) < 4.78 is 6.79. The number of likely N-dealkylation sites (N-methyl/N-ethyl adjacent to an activating group) is 1. The van der Waals surface area contributed by atoms with Crippen LogP contribution in [0.1, 0.15) is 25.7 Å². The molecule has 1 saturated carbocycles. The Kier molecular flexibility index (Phi) is 4.47. The van der Waals surface area contributed by atoms with Crippen molar-refractivity contribution in [3.8, 4) is 0 Å². The van der Waals surface area contributed by atoms with Gasteiger partial charge in [-0.25, -0.2) is 0 Å². The summed E-state index contributed by atoms with van der Waals surface area (Å²) >= 11 is 5.84. The van der Waals surface area contributed by atoms with Crippen molar-refractivity contribution in [3.63, 3.8) is 0 Å². The number of nitrogens with zero attached hydrogens (tertiary/aromatic N) is 2. The van der Waals surface area contributed by atoms with E-state index in [4.69, 9.17) is 16.3 Å². The van der Waals surface area contributed by atoms with Crippen LogP contribution in [0.25, 0.3) is 0 Å². The lowest BCUT2D eigenvalue weighted by molar-refractivity contribution is -0.150. The number of carbonyl (C=O) groups excluding carboxylic acids is 1. The topological polar surface area (TPSA) is 56.1 Å². The lowest BCUT2D eigenvalue weighted by Crippen LogP contribution is -2.54. The highest BCUT2D eigenvalue weighted by Crippen LogP contribution is 2.38. The molecule has 6 heteroatoms. The predicted octanol–water partition coefficient (Wildman–Crippen LogP) is 1.86. The van der Waals surface area contributed by atoms with Gasteiger partial charge < -0.3 is 10.1 Å². The molecule has 5 nitrogen and oxygen atoms in total. The molecule has 1 fully saturated rings. The van der Waals surface area contributed by atoms with E-state index in [1.165, 1.54) is 7.11 Å². The first-order valence-corrected chi connectivity index (χ1v) is 6.95. The predicted molar refractivity (Wildman–Crippen MR) is 73.0 cm³/mol. The Morgan fingerprint density at radius 1 is 1.74 bits per heavy atom. The van der Waals surface area contributed by atoms with Crippen LogP contribution >= 0.6 is 11.6 Å².